The molecule has 0 saturated carbocycles. The van der Waals surface area contributed by atoms with Crippen molar-refractivity contribution in [1.29, 1.82) is 0 Å². The third-order valence-corrected chi connectivity index (χ3v) is 7.20. The number of anilines is 1. The molecule has 0 amide bonds. The van der Waals surface area contributed by atoms with Crippen LogP contribution in [0.3, 0.4) is 0 Å². The number of nitrogens with zero attached hydrogens (tertiary/aromatic N) is 3. The quantitative estimate of drug-likeness (QED) is 0.294. The fourth-order valence-corrected chi connectivity index (χ4v) is 5.61. The van der Waals surface area contributed by atoms with Crippen molar-refractivity contribution in [2.24, 2.45) is 0 Å². The Morgan fingerprint density at radius 3 is 2.38 bits per heavy atom. The SMILES string of the molecule is Cc1ccc(N2C(=S)N[C@@H](c3ccccn3)[C@@H]2c2cc(C)n(-c3ccc(Cl)cc3Cl)c2C)cc1. The summed E-state index contributed by atoms with van der Waals surface area (Å²) in [5.74, 6) is 0. The van der Waals surface area contributed by atoms with Gasteiger partial charge in [-0.25, -0.2) is 0 Å². The van der Waals surface area contributed by atoms with Crippen LogP contribution in [0, 0.1) is 20.8 Å². The van der Waals surface area contributed by atoms with Crippen LogP contribution in [0.25, 0.3) is 5.69 Å². The van der Waals surface area contributed by atoms with Gasteiger partial charge in [0.15, 0.2) is 5.11 Å². The van der Waals surface area contributed by atoms with E-state index in [0.717, 1.165) is 34.0 Å². The summed E-state index contributed by atoms with van der Waals surface area (Å²) in [6.45, 7) is 6.30. The molecule has 1 saturated heterocycles. The molecule has 1 aliphatic heterocycles. The minimum Gasteiger partial charge on any atom is -0.351 e. The van der Waals surface area contributed by atoms with E-state index in [1.807, 2.05) is 36.5 Å². The first kappa shape index (κ1) is 22.9. The molecule has 4 aromatic rings. The maximum absolute atomic E-state index is 6.61. The highest BCUT2D eigenvalue weighted by Crippen LogP contribution is 2.44. The lowest BCUT2D eigenvalue weighted by Crippen LogP contribution is -2.29. The number of thiocarbonyl (C=S) groups is 1. The lowest BCUT2D eigenvalue weighted by Gasteiger charge is -2.28. The number of hydrogen-bond acceptors (Lipinski definition) is 2. The largest absolute Gasteiger partial charge is 0.351 e. The van der Waals surface area contributed by atoms with Crippen molar-refractivity contribution in [3.05, 3.63) is 111 Å². The second kappa shape index (κ2) is 9.06. The molecule has 0 spiro atoms. The van der Waals surface area contributed by atoms with E-state index in [-0.39, 0.29) is 12.1 Å². The summed E-state index contributed by atoms with van der Waals surface area (Å²) in [4.78, 5) is 6.86. The highest BCUT2D eigenvalue weighted by molar-refractivity contribution is 7.80. The molecule has 1 aliphatic rings. The maximum Gasteiger partial charge on any atom is 0.174 e. The number of hydrogen-bond donors (Lipinski definition) is 1. The normalized spacial score (nSPS) is 17.8. The van der Waals surface area contributed by atoms with Gasteiger partial charge in [-0.1, -0.05) is 47.0 Å². The minimum absolute atomic E-state index is 0.0869. The van der Waals surface area contributed by atoms with Crippen LogP contribution in [0.1, 0.15) is 40.3 Å². The Bertz CT molecular complexity index is 1370. The average Bonchev–Trinajstić information content (AvgIpc) is 3.31. The molecule has 2 aromatic heterocycles. The van der Waals surface area contributed by atoms with Gasteiger partial charge in [0.1, 0.15) is 0 Å². The van der Waals surface area contributed by atoms with Crippen LogP contribution < -0.4 is 10.2 Å². The smallest absolute Gasteiger partial charge is 0.174 e. The van der Waals surface area contributed by atoms with Crippen LogP contribution in [-0.4, -0.2) is 14.7 Å². The van der Waals surface area contributed by atoms with Crippen molar-refractivity contribution >= 4 is 46.2 Å². The number of nitrogens with one attached hydrogen (secondary N) is 1. The molecule has 7 heteroatoms. The van der Waals surface area contributed by atoms with Gasteiger partial charge in [-0.3, -0.25) is 4.98 Å². The Labute approximate surface area is 215 Å². The maximum atomic E-state index is 6.61. The van der Waals surface area contributed by atoms with Crippen LogP contribution >= 0.6 is 35.4 Å². The Morgan fingerprint density at radius 2 is 1.71 bits per heavy atom. The fourth-order valence-electron chi connectivity index (χ4n) is 4.77. The summed E-state index contributed by atoms with van der Waals surface area (Å²) in [6.07, 6.45) is 1.82. The molecule has 172 valence electrons. The van der Waals surface area contributed by atoms with Crippen molar-refractivity contribution < 1.29 is 0 Å². The molecule has 3 heterocycles. The van der Waals surface area contributed by atoms with Crippen LogP contribution in [0.15, 0.2) is 72.9 Å². The molecule has 4 nitrogen and oxygen atoms in total. The third-order valence-electron chi connectivity index (χ3n) is 6.35. The van der Waals surface area contributed by atoms with Gasteiger partial charge in [0.2, 0.25) is 0 Å². The molecular weight excluding hydrogens is 483 g/mol. The summed E-state index contributed by atoms with van der Waals surface area (Å²) < 4.78 is 2.18. The van der Waals surface area contributed by atoms with E-state index in [9.17, 15) is 0 Å². The molecule has 0 aliphatic carbocycles. The first-order chi connectivity index (χ1) is 16.3. The topological polar surface area (TPSA) is 33.1 Å². The zero-order valence-corrected chi connectivity index (χ0v) is 21.4. The monoisotopic (exact) mass is 506 g/mol. The highest BCUT2D eigenvalue weighted by atomic mass is 35.5. The van der Waals surface area contributed by atoms with E-state index in [1.54, 1.807) is 6.07 Å². The molecule has 0 unspecified atom stereocenters. The molecule has 1 N–H and O–H groups in total. The zero-order chi connectivity index (χ0) is 24.0. The van der Waals surface area contributed by atoms with Gasteiger partial charge in [-0.05, 0) is 87.1 Å². The highest BCUT2D eigenvalue weighted by Gasteiger charge is 2.42. The van der Waals surface area contributed by atoms with Crippen molar-refractivity contribution in [1.82, 2.24) is 14.9 Å². The molecule has 2 atom stereocenters. The summed E-state index contributed by atoms with van der Waals surface area (Å²) in [6, 6.07) is 22.1. The summed E-state index contributed by atoms with van der Waals surface area (Å²) in [7, 11) is 0. The number of aryl methyl sites for hydroxylation is 2. The van der Waals surface area contributed by atoms with Crippen molar-refractivity contribution in [3.8, 4) is 5.69 Å². The minimum atomic E-state index is -0.107. The third kappa shape index (κ3) is 3.98. The van der Waals surface area contributed by atoms with E-state index in [0.29, 0.717) is 15.2 Å². The van der Waals surface area contributed by atoms with Gasteiger partial charge in [0.05, 0.1) is 28.5 Å². The van der Waals surface area contributed by atoms with Gasteiger partial charge in [-0.15, -0.1) is 0 Å². The summed E-state index contributed by atoms with van der Waals surface area (Å²) in [5, 5.41) is 5.44. The summed E-state index contributed by atoms with van der Waals surface area (Å²) >= 11 is 18.6. The molecule has 5 rings (SSSR count). The van der Waals surface area contributed by atoms with Crippen LogP contribution in [0.5, 0.6) is 0 Å². The Morgan fingerprint density at radius 1 is 0.941 bits per heavy atom. The van der Waals surface area contributed by atoms with E-state index in [2.05, 4.69) is 70.9 Å². The second-order valence-corrected chi connectivity index (χ2v) is 9.82. The van der Waals surface area contributed by atoms with E-state index in [4.69, 9.17) is 35.4 Å². The molecule has 34 heavy (non-hydrogen) atoms. The van der Waals surface area contributed by atoms with Gasteiger partial charge in [-0.2, -0.15) is 0 Å². The van der Waals surface area contributed by atoms with E-state index in [1.165, 1.54) is 5.56 Å². The standard InChI is InChI=1S/C27H24Cl2N4S/c1-16-7-10-20(11-8-16)33-26(25(31-27(33)34)23-6-4-5-13-30-23)21-14-17(2)32(18(21)3)24-12-9-19(28)15-22(24)29/h4-15,25-26H,1-3H3,(H,31,34)/t25-,26-/m0/s1. The van der Waals surface area contributed by atoms with E-state index >= 15 is 0 Å². The fraction of sp³-hybridized carbons (Fsp3) is 0.185. The molecule has 0 radical (unpaired) electrons. The predicted octanol–water partition coefficient (Wildman–Crippen LogP) is 7.28. The van der Waals surface area contributed by atoms with Gasteiger partial charge >= 0.3 is 0 Å². The zero-order valence-electron chi connectivity index (χ0n) is 19.1. The number of aromatic nitrogens is 2. The van der Waals surface area contributed by atoms with Crippen molar-refractivity contribution in [3.63, 3.8) is 0 Å². The number of pyridine rings is 1. The van der Waals surface area contributed by atoms with Gasteiger partial charge in [0.25, 0.3) is 0 Å². The molecule has 2 aromatic carbocycles. The van der Waals surface area contributed by atoms with Crippen LogP contribution in [-0.2, 0) is 0 Å². The lowest BCUT2D eigenvalue weighted by molar-refractivity contribution is 0.565. The van der Waals surface area contributed by atoms with Gasteiger partial charge in [0, 0.05) is 28.3 Å². The molecular formula is C27H24Cl2N4S. The summed E-state index contributed by atoms with van der Waals surface area (Å²) in [5.41, 5.74) is 7.42. The average molecular weight is 507 g/mol. The van der Waals surface area contributed by atoms with Crippen LogP contribution in [0.4, 0.5) is 5.69 Å². The predicted molar refractivity (Wildman–Crippen MR) is 144 cm³/mol. The first-order valence-electron chi connectivity index (χ1n) is 11.1. The molecule has 1 fully saturated rings. The van der Waals surface area contributed by atoms with Crippen molar-refractivity contribution in [2.45, 2.75) is 32.9 Å². The van der Waals surface area contributed by atoms with Crippen molar-refractivity contribution in [2.75, 3.05) is 4.90 Å². The lowest BCUT2D eigenvalue weighted by atomic mass is 9.96. The van der Waals surface area contributed by atoms with Gasteiger partial charge < -0.3 is 14.8 Å². The van der Waals surface area contributed by atoms with E-state index < -0.39 is 0 Å². The Balaban J connectivity index is 1.69. The number of rotatable bonds is 4. The first-order valence-corrected chi connectivity index (χ1v) is 12.2. The Hall–Kier alpha value is -2.86. The number of halogens is 2. The number of benzene rings is 2. The second-order valence-electron chi connectivity index (χ2n) is 8.59. The van der Waals surface area contributed by atoms with Crippen LogP contribution in [0.2, 0.25) is 10.0 Å². The molecule has 0 bridgehead atoms. The Kier molecular flexibility index (Phi) is 6.11.